The van der Waals surface area contributed by atoms with Gasteiger partial charge < -0.3 is 19.9 Å². The maximum Gasteiger partial charge on any atom is 0.317 e. The second-order valence-electron chi connectivity index (χ2n) is 7.40. The Kier molecular flexibility index (Phi) is 5.26. The average Bonchev–Trinajstić information content (AvgIpc) is 3.00. The zero-order valence-corrected chi connectivity index (χ0v) is 15.1. The molecule has 3 aliphatic heterocycles. The topological polar surface area (TPSA) is 48.1 Å². The fraction of sp³-hybridized carbons (Fsp3) is 0.632. The van der Waals surface area contributed by atoms with E-state index in [1.165, 1.54) is 12.1 Å². The number of benzene rings is 1. The number of rotatable bonds is 4. The minimum Gasteiger partial charge on any atom is -0.371 e. The number of carbonyl (C=O) groups is 1. The number of likely N-dealkylation sites (tertiary alicyclic amines) is 1. The third-order valence-electron chi connectivity index (χ3n) is 5.60. The fourth-order valence-electron chi connectivity index (χ4n) is 4.09. The van der Waals surface area contributed by atoms with Crippen molar-refractivity contribution < 1.29 is 13.9 Å². The van der Waals surface area contributed by atoms with Gasteiger partial charge >= 0.3 is 6.03 Å². The zero-order valence-electron chi connectivity index (χ0n) is 15.1. The molecule has 0 aromatic heterocycles. The van der Waals surface area contributed by atoms with Gasteiger partial charge in [0.25, 0.3) is 0 Å². The number of urea groups is 1. The Hall–Kier alpha value is -1.86. The number of nitrogens with zero attached hydrogens (tertiary/aromatic N) is 3. The summed E-state index contributed by atoms with van der Waals surface area (Å²) in [5, 5.41) is 3.05. The molecule has 0 aliphatic carbocycles. The SMILES string of the molecule is O=C(NCCN1CCN(c2ccc(F)cc2)CC1)N1CC2CCC(C1)O2. The van der Waals surface area contributed by atoms with Gasteiger partial charge in [-0.25, -0.2) is 9.18 Å². The van der Waals surface area contributed by atoms with Gasteiger partial charge in [0, 0.05) is 58.0 Å². The van der Waals surface area contributed by atoms with Crippen LogP contribution >= 0.6 is 0 Å². The Balaban J connectivity index is 1.16. The summed E-state index contributed by atoms with van der Waals surface area (Å²) in [7, 11) is 0. The Bertz CT molecular complexity index is 606. The van der Waals surface area contributed by atoms with Gasteiger partial charge in [0.05, 0.1) is 12.2 Å². The molecule has 26 heavy (non-hydrogen) atoms. The van der Waals surface area contributed by atoms with Crippen LogP contribution in [-0.4, -0.2) is 80.4 Å². The molecule has 142 valence electrons. The molecule has 0 saturated carbocycles. The quantitative estimate of drug-likeness (QED) is 0.882. The van der Waals surface area contributed by atoms with E-state index in [9.17, 15) is 9.18 Å². The summed E-state index contributed by atoms with van der Waals surface area (Å²) in [5.74, 6) is -0.198. The Labute approximate surface area is 153 Å². The van der Waals surface area contributed by atoms with E-state index < -0.39 is 0 Å². The molecule has 3 aliphatic rings. The number of morpholine rings is 1. The van der Waals surface area contributed by atoms with Gasteiger partial charge in [-0.1, -0.05) is 0 Å². The highest BCUT2D eigenvalue weighted by molar-refractivity contribution is 5.74. The molecular weight excluding hydrogens is 335 g/mol. The molecular formula is C19H27FN4O2. The van der Waals surface area contributed by atoms with E-state index in [0.29, 0.717) is 6.54 Å². The first kappa shape index (κ1) is 17.5. The van der Waals surface area contributed by atoms with Gasteiger partial charge in [0.1, 0.15) is 5.82 Å². The highest BCUT2D eigenvalue weighted by atomic mass is 19.1. The smallest absolute Gasteiger partial charge is 0.317 e. The second kappa shape index (κ2) is 7.80. The average molecular weight is 362 g/mol. The summed E-state index contributed by atoms with van der Waals surface area (Å²) in [6, 6.07) is 6.72. The standard InChI is InChI=1S/C19H27FN4O2/c20-15-1-3-16(4-2-15)23-11-9-22(10-12-23)8-7-21-19(25)24-13-17-5-6-18(14-24)26-17/h1-4,17-18H,5-14H2,(H,21,25). The van der Waals surface area contributed by atoms with Crippen molar-refractivity contribution >= 4 is 11.7 Å². The number of amides is 2. The number of nitrogens with one attached hydrogen (secondary N) is 1. The van der Waals surface area contributed by atoms with Crippen LogP contribution in [0.2, 0.25) is 0 Å². The van der Waals surface area contributed by atoms with Crippen molar-refractivity contribution in [2.45, 2.75) is 25.0 Å². The molecule has 3 heterocycles. The summed E-state index contributed by atoms with van der Waals surface area (Å²) in [4.78, 5) is 18.9. The monoisotopic (exact) mass is 362 g/mol. The van der Waals surface area contributed by atoms with Gasteiger partial charge in [-0.3, -0.25) is 4.90 Å². The highest BCUT2D eigenvalue weighted by Gasteiger charge is 2.35. The normalized spacial score (nSPS) is 26.2. The molecule has 3 fully saturated rings. The Morgan fingerprint density at radius 3 is 2.38 bits per heavy atom. The molecule has 2 bridgehead atoms. The van der Waals surface area contributed by atoms with Crippen molar-refractivity contribution in [3.05, 3.63) is 30.1 Å². The van der Waals surface area contributed by atoms with Crippen molar-refractivity contribution in [2.24, 2.45) is 0 Å². The Morgan fingerprint density at radius 1 is 1.08 bits per heavy atom. The van der Waals surface area contributed by atoms with Gasteiger partial charge in [0.2, 0.25) is 0 Å². The third-order valence-corrected chi connectivity index (χ3v) is 5.60. The summed E-state index contributed by atoms with van der Waals surface area (Å²) >= 11 is 0. The van der Waals surface area contributed by atoms with Crippen LogP contribution in [-0.2, 0) is 4.74 Å². The molecule has 0 spiro atoms. The lowest BCUT2D eigenvalue weighted by Gasteiger charge is -2.36. The van der Waals surface area contributed by atoms with E-state index in [0.717, 1.165) is 64.3 Å². The summed E-state index contributed by atoms with van der Waals surface area (Å²) in [6.45, 7) is 6.72. The van der Waals surface area contributed by atoms with Crippen LogP contribution < -0.4 is 10.2 Å². The number of hydrogen-bond acceptors (Lipinski definition) is 4. The summed E-state index contributed by atoms with van der Waals surface area (Å²) < 4.78 is 18.8. The lowest BCUT2D eigenvalue weighted by Crippen LogP contribution is -2.52. The molecule has 3 saturated heterocycles. The number of piperazine rings is 1. The van der Waals surface area contributed by atoms with Crippen molar-refractivity contribution in [3.63, 3.8) is 0 Å². The molecule has 2 unspecified atom stereocenters. The first-order valence-corrected chi connectivity index (χ1v) is 9.58. The minimum absolute atomic E-state index is 0.0372. The van der Waals surface area contributed by atoms with Gasteiger partial charge in [-0.15, -0.1) is 0 Å². The van der Waals surface area contributed by atoms with Crippen LogP contribution in [0.25, 0.3) is 0 Å². The number of anilines is 1. The summed E-state index contributed by atoms with van der Waals surface area (Å²) in [5.41, 5.74) is 1.07. The molecule has 1 aromatic carbocycles. The van der Waals surface area contributed by atoms with Crippen LogP contribution in [0.15, 0.2) is 24.3 Å². The molecule has 6 nitrogen and oxygen atoms in total. The number of fused-ring (bicyclic) bond motifs is 2. The first-order chi connectivity index (χ1) is 12.7. The van der Waals surface area contributed by atoms with Crippen molar-refractivity contribution in [1.29, 1.82) is 0 Å². The van der Waals surface area contributed by atoms with Crippen LogP contribution in [0.1, 0.15) is 12.8 Å². The molecule has 0 radical (unpaired) electrons. The second-order valence-corrected chi connectivity index (χ2v) is 7.40. The van der Waals surface area contributed by atoms with E-state index in [4.69, 9.17) is 4.74 Å². The van der Waals surface area contributed by atoms with Crippen molar-refractivity contribution in [1.82, 2.24) is 15.1 Å². The van der Waals surface area contributed by atoms with E-state index in [1.807, 2.05) is 17.0 Å². The van der Waals surface area contributed by atoms with E-state index >= 15 is 0 Å². The predicted molar refractivity (Wildman–Crippen MR) is 97.9 cm³/mol. The van der Waals surface area contributed by atoms with Crippen LogP contribution in [0.4, 0.5) is 14.9 Å². The largest absolute Gasteiger partial charge is 0.371 e. The number of carbonyl (C=O) groups excluding carboxylic acids is 1. The predicted octanol–water partition coefficient (Wildman–Crippen LogP) is 1.52. The Morgan fingerprint density at radius 2 is 1.73 bits per heavy atom. The number of halogens is 1. The van der Waals surface area contributed by atoms with Gasteiger partial charge in [0.15, 0.2) is 0 Å². The molecule has 1 aromatic rings. The molecule has 2 atom stereocenters. The molecule has 1 N–H and O–H groups in total. The van der Waals surface area contributed by atoms with Gasteiger partial charge in [-0.05, 0) is 37.1 Å². The maximum atomic E-state index is 13.0. The number of hydrogen-bond donors (Lipinski definition) is 1. The van der Waals surface area contributed by atoms with E-state index in [1.54, 1.807) is 0 Å². The van der Waals surface area contributed by atoms with Crippen molar-refractivity contribution in [2.75, 3.05) is 57.3 Å². The van der Waals surface area contributed by atoms with E-state index in [-0.39, 0.29) is 24.1 Å². The lowest BCUT2D eigenvalue weighted by molar-refractivity contribution is -0.0238. The number of ether oxygens (including phenoxy) is 1. The van der Waals surface area contributed by atoms with Crippen LogP contribution in [0.5, 0.6) is 0 Å². The first-order valence-electron chi connectivity index (χ1n) is 9.58. The van der Waals surface area contributed by atoms with Gasteiger partial charge in [-0.2, -0.15) is 0 Å². The third kappa shape index (κ3) is 4.10. The van der Waals surface area contributed by atoms with Crippen LogP contribution in [0, 0.1) is 5.82 Å². The minimum atomic E-state index is -0.198. The highest BCUT2D eigenvalue weighted by Crippen LogP contribution is 2.26. The van der Waals surface area contributed by atoms with Crippen LogP contribution in [0.3, 0.4) is 0 Å². The maximum absolute atomic E-state index is 13.0. The van der Waals surface area contributed by atoms with E-state index in [2.05, 4.69) is 15.1 Å². The molecule has 7 heteroatoms. The fourth-order valence-corrected chi connectivity index (χ4v) is 4.09. The molecule has 4 rings (SSSR count). The summed E-state index contributed by atoms with van der Waals surface area (Å²) in [6.07, 6.45) is 2.62. The lowest BCUT2D eigenvalue weighted by atomic mass is 10.2. The molecule has 2 amide bonds. The zero-order chi connectivity index (χ0) is 17.9. The van der Waals surface area contributed by atoms with Crippen molar-refractivity contribution in [3.8, 4) is 0 Å².